The Morgan fingerprint density at radius 2 is 2.00 bits per heavy atom. The maximum absolute atomic E-state index is 12.8. The van der Waals surface area contributed by atoms with Crippen LogP contribution in [-0.4, -0.2) is 21.5 Å². The third-order valence-electron chi connectivity index (χ3n) is 2.23. The molecule has 0 aliphatic carbocycles. The molecule has 0 amide bonds. The molecule has 0 aromatic carbocycles. The van der Waals surface area contributed by atoms with Crippen molar-refractivity contribution in [2.24, 2.45) is 0 Å². The van der Waals surface area contributed by atoms with Gasteiger partial charge in [-0.1, -0.05) is 0 Å². The molecule has 0 atom stereocenters. The Balaban J connectivity index is 2.35. The molecular weight excluding hydrogens is 353 g/mol. The van der Waals surface area contributed by atoms with Crippen LogP contribution in [0.5, 0.6) is 11.6 Å². The summed E-state index contributed by atoms with van der Waals surface area (Å²) in [6.45, 7) is 2.11. The molecule has 2 aromatic rings. The van der Waals surface area contributed by atoms with E-state index in [1.807, 2.05) is 0 Å². The molecule has 0 unspecified atom stereocenters. The largest absolute Gasteiger partial charge is 0.437 e. The van der Waals surface area contributed by atoms with Crippen LogP contribution in [0.1, 0.15) is 12.6 Å². The molecule has 0 bridgehead atoms. The number of ether oxygens (including phenoxy) is 1. The topological polar surface area (TPSA) is 59.9 Å². The number of nitrogens with one attached hydrogen (secondary N) is 1. The van der Waals surface area contributed by atoms with Crippen LogP contribution in [0, 0.1) is 0 Å². The van der Waals surface area contributed by atoms with Crippen molar-refractivity contribution in [1.82, 2.24) is 15.0 Å². The zero-order chi connectivity index (χ0) is 15.5. The van der Waals surface area contributed by atoms with E-state index in [1.54, 1.807) is 13.0 Å². The molecule has 0 saturated carbocycles. The van der Waals surface area contributed by atoms with Gasteiger partial charge >= 0.3 is 6.18 Å². The second kappa shape index (κ2) is 6.25. The quantitative estimate of drug-likeness (QED) is 0.894. The van der Waals surface area contributed by atoms with Crippen molar-refractivity contribution < 1.29 is 17.9 Å². The van der Waals surface area contributed by atoms with Gasteiger partial charge in [0, 0.05) is 23.3 Å². The fraction of sp³-hybridized carbons (Fsp3) is 0.250. The molecule has 2 aromatic heterocycles. The van der Waals surface area contributed by atoms with Crippen molar-refractivity contribution in [3.8, 4) is 11.6 Å². The number of hydrogen-bond acceptors (Lipinski definition) is 5. The Hall–Kier alpha value is -1.90. The van der Waals surface area contributed by atoms with E-state index in [2.05, 4.69) is 36.2 Å². The van der Waals surface area contributed by atoms with Crippen molar-refractivity contribution in [3.63, 3.8) is 0 Å². The molecule has 0 fully saturated rings. The summed E-state index contributed by atoms with van der Waals surface area (Å²) < 4.78 is 44.3. The molecule has 0 aliphatic heterocycles. The van der Waals surface area contributed by atoms with Gasteiger partial charge < -0.3 is 10.1 Å². The van der Waals surface area contributed by atoms with Gasteiger partial charge in [0.15, 0.2) is 5.69 Å². The number of alkyl halides is 3. The average Bonchev–Trinajstić information content (AvgIpc) is 2.37. The van der Waals surface area contributed by atoms with E-state index >= 15 is 0 Å². The van der Waals surface area contributed by atoms with Crippen LogP contribution in [-0.2, 0) is 6.18 Å². The van der Waals surface area contributed by atoms with Crippen LogP contribution in [0.25, 0.3) is 0 Å². The van der Waals surface area contributed by atoms with Gasteiger partial charge in [0.25, 0.3) is 0 Å². The van der Waals surface area contributed by atoms with Gasteiger partial charge in [-0.15, -0.1) is 0 Å². The lowest BCUT2D eigenvalue weighted by atomic mass is 10.4. The van der Waals surface area contributed by atoms with E-state index in [0.717, 1.165) is 6.07 Å². The molecule has 5 nitrogen and oxygen atoms in total. The van der Waals surface area contributed by atoms with E-state index in [1.165, 1.54) is 12.4 Å². The summed E-state index contributed by atoms with van der Waals surface area (Å²) in [6, 6.07) is 2.30. The lowest BCUT2D eigenvalue weighted by molar-refractivity contribution is -0.141. The first-order chi connectivity index (χ1) is 9.88. The molecular formula is C12H10BrF3N4O. The molecule has 0 spiro atoms. The second-order valence-electron chi connectivity index (χ2n) is 3.88. The highest BCUT2D eigenvalue weighted by Gasteiger charge is 2.34. The molecule has 1 N–H and O–H groups in total. The summed E-state index contributed by atoms with van der Waals surface area (Å²) in [6.07, 6.45) is -1.69. The summed E-state index contributed by atoms with van der Waals surface area (Å²) in [5.41, 5.74) is -1.08. The predicted octanol–water partition coefficient (Wildman–Crippen LogP) is 3.88. The fourth-order valence-corrected chi connectivity index (χ4v) is 1.77. The van der Waals surface area contributed by atoms with Crippen LogP contribution >= 0.6 is 15.9 Å². The minimum Gasteiger partial charge on any atom is -0.437 e. The zero-order valence-corrected chi connectivity index (χ0v) is 12.4. The van der Waals surface area contributed by atoms with Crippen molar-refractivity contribution in [2.45, 2.75) is 13.1 Å². The number of halogens is 4. The number of pyridine rings is 1. The molecule has 9 heteroatoms. The lowest BCUT2D eigenvalue weighted by Gasteiger charge is -2.11. The van der Waals surface area contributed by atoms with Crippen LogP contribution in [0.15, 0.2) is 29.0 Å². The molecule has 21 heavy (non-hydrogen) atoms. The molecule has 0 saturated heterocycles. The Morgan fingerprint density at radius 3 is 2.62 bits per heavy atom. The highest BCUT2D eigenvalue weighted by molar-refractivity contribution is 9.10. The molecule has 2 rings (SSSR count). The van der Waals surface area contributed by atoms with Crippen LogP contribution in [0.2, 0.25) is 0 Å². The van der Waals surface area contributed by atoms with E-state index < -0.39 is 11.9 Å². The molecule has 0 aliphatic rings. The van der Waals surface area contributed by atoms with Gasteiger partial charge in [0.2, 0.25) is 11.8 Å². The average molecular weight is 363 g/mol. The fourth-order valence-electron chi connectivity index (χ4n) is 1.43. The van der Waals surface area contributed by atoms with Gasteiger partial charge in [-0.2, -0.15) is 18.2 Å². The summed E-state index contributed by atoms with van der Waals surface area (Å²) >= 11 is 3.19. The summed E-state index contributed by atoms with van der Waals surface area (Å²) in [5.74, 6) is -0.0999. The Labute approximate surface area is 126 Å². The maximum Gasteiger partial charge on any atom is 0.433 e. The lowest BCUT2D eigenvalue weighted by Crippen LogP contribution is -2.12. The summed E-state index contributed by atoms with van der Waals surface area (Å²) in [5, 5.41) is 2.63. The standard InChI is InChI=1S/C12H10BrF3N4O/c1-2-18-11-19-9(12(14,15)16)4-10(20-11)21-8-3-7(13)5-17-6-8/h3-6H,2H2,1H3,(H,18,19,20). The van der Waals surface area contributed by atoms with E-state index in [9.17, 15) is 13.2 Å². The Bertz CT molecular complexity index is 636. The minimum atomic E-state index is -4.58. The van der Waals surface area contributed by atoms with Crippen molar-refractivity contribution in [2.75, 3.05) is 11.9 Å². The first kappa shape index (κ1) is 15.5. The molecule has 2 heterocycles. The number of anilines is 1. The summed E-state index contributed by atoms with van der Waals surface area (Å²) in [4.78, 5) is 11.1. The number of hydrogen-bond donors (Lipinski definition) is 1. The Kier molecular flexibility index (Phi) is 4.61. The minimum absolute atomic E-state index is 0.148. The first-order valence-electron chi connectivity index (χ1n) is 5.87. The van der Waals surface area contributed by atoms with Crippen molar-refractivity contribution in [1.29, 1.82) is 0 Å². The first-order valence-corrected chi connectivity index (χ1v) is 6.66. The van der Waals surface area contributed by atoms with Crippen LogP contribution in [0.3, 0.4) is 0 Å². The van der Waals surface area contributed by atoms with E-state index in [4.69, 9.17) is 4.74 Å². The Morgan fingerprint density at radius 1 is 1.24 bits per heavy atom. The second-order valence-corrected chi connectivity index (χ2v) is 4.80. The predicted molar refractivity (Wildman–Crippen MR) is 73.2 cm³/mol. The number of nitrogens with zero attached hydrogens (tertiary/aromatic N) is 3. The van der Waals surface area contributed by atoms with Crippen LogP contribution in [0.4, 0.5) is 19.1 Å². The molecule has 112 valence electrons. The number of aromatic nitrogens is 3. The SMILES string of the molecule is CCNc1nc(Oc2cncc(Br)c2)cc(C(F)(F)F)n1. The van der Waals surface area contributed by atoms with Gasteiger partial charge in [0.1, 0.15) is 5.75 Å². The van der Waals surface area contributed by atoms with Crippen molar-refractivity contribution >= 4 is 21.9 Å². The third kappa shape index (κ3) is 4.28. The molecule has 0 radical (unpaired) electrons. The van der Waals surface area contributed by atoms with Gasteiger partial charge in [-0.05, 0) is 28.9 Å². The van der Waals surface area contributed by atoms with E-state index in [-0.39, 0.29) is 17.6 Å². The van der Waals surface area contributed by atoms with Crippen molar-refractivity contribution in [3.05, 3.63) is 34.7 Å². The highest BCUT2D eigenvalue weighted by Crippen LogP contribution is 2.31. The van der Waals surface area contributed by atoms with E-state index in [0.29, 0.717) is 11.0 Å². The van der Waals surface area contributed by atoms with Gasteiger partial charge in [-0.3, -0.25) is 4.98 Å². The zero-order valence-electron chi connectivity index (χ0n) is 10.8. The maximum atomic E-state index is 12.8. The summed E-state index contributed by atoms with van der Waals surface area (Å²) in [7, 11) is 0. The monoisotopic (exact) mass is 362 g/mol. The van der Waals surface area contributed by atoms with Gasteiger partial charge in [0.05, 0.1) is 6.20 Å². The smallest absolute Gasteiger partial charge is 0.433 e. The van der Waals surface area contributed by atoms with Crippen LogP contribution < -0.4 is 10.1 Å². The highest BCUT2D eigenvalue weighted by atomic mass is 79.9. The third-order valence-corrected chi connectivity index (χ3v) is 2.66. The normalized spacial score (nSPS) is 11.3. The van der Waals surface area contributed by atoms with Gasteiger partial charge in [-0.25, -0.2) is 4.98 Å². The number of rotatable bonds is 4.